The lowest BCUT2D eigenvalue weighted by atomic mass is 10.1. The van der Waals surface area contributed by atoms with Gasteiger partial charge >= 0.3 is 7.32 Å². The van der Waals surface area contributed by atoms with Crippen LogP contribution in [-0.2, 0) is 17.6 Å². The molecule has 1 aromatic carbocycles. The maximum Gasteiger partial charge on any atom is 0.633 e. The molecular formula is C14H22BClFN5O3. The zero-order valence-electron chi connectivity index (χ0n) is 13.7. The number of nitrogens with two attached hydrogens (primary N) is 1. The monoisotopic (exact) mass is 373 g/mol. The number of unbranched alkanes of at least 4 members (excludes halogenated alkanes) is 1. The number of benzene rings is 1. The molecule has 138 valence electrons. The first-order valence-corrected chi connectivity index (χ1v) is 7.80. The fraction of sp³-hybridized carbons (Fsp3) is 0.500. The number of aromatic nitrogens is 4. The SMILES string of the molecule is Cl.NC(CCCCOB(O)O)c1nnnn1CCc1ccc(F)cc1. The van der Waals surface area contributed by atoms with Gasteiger partial charge in [-0.15, -0.1) is 17.5 Å². The van der Waals surface area contributed by atoms with E-state index in [0.29, 0.717) is 31.6 Å². The van der Waals surface area contributed by atoms with Crippen molar-refractivity contribution in [3.8, 4) is 0 Å². The van der Waals surface area contributed by atoms with E-state index in [9.17, 15) is 4.39 Å². The Kier molecular flexibility index (Phi) is 9.54. The molecular weight excluding hydrogens is 351 g/mol. The van der Waals surface area contributed by atoms with Gasteiger partial charge in [0.05, 0.1) is 6.04 Å². The van der Waals surface area contributed by atoms with Gasteiger partial charge in [0.1, 0.15) is 5.82 Å². The van der Waals surface area contributed by atoms with Crippen LogP contribution in [0.15, 0.2) is 24.3 Å². The van der Waals surface area contributed by atoms with Crippen molar-refractivity contribution in [1.82, 2.24) is 20.2 Å². The fourth-order valence-corrected chi connectivity index (χ4v) is 2.31. The molecule has 1 heterocycles. The average Bonchev–Trinajstić information content (AvgIpc) is 3.02. The number of rotatable bonds is 10. The van der Waals surface area contributed by atoms with E-state index in [4.69, 9.17) is 15.8 Å². The number of aryl methyl sites for hydroxylation is 2. The van der Waals surface area contributed by atoms with E-state index in [1.807, 2.05) is 0 Å². The molecule has 1 unspecified atom stereocenters. The highest BCUT2D eigenvalue weighted by Gasteiger charge is 2.15. The third-order valence-corrected chi connectivity index (χ3v) is 3.59. The summed E-state index contributed by atoms with van der Waals surface area (Å²) >= 11 is 0. The van der Waals surface area contributed by atoms with Crippen LogP contribution < -0.4 is 5.73 Å². The van der Waals surface area contributed by atoms with E-state index in [1.165, 1.54) is 12.1 Å². The smallest absolute Gasteiger partial charge is 0.402 e. The van der Waals surface area contributed by atoms with Gasteiger partial charge in [0, 0.05) is 13.2 Å². The third kappa shape index (κ3) is 7.45. The normalized spacial score (nSPS) is 11.8. The zero-order chi connectivity index (χ0) is 17.4. The van der Waals surface area contributed by atoms with E-state index in [1.54, 1.807) is 16.8 Å². The first-order chi connectivity index (χ1) is 11.6. The van der Waals surface area contributed by atoms with Crippen LogP contribution in [0.1, 0.15) is 36.7 Å². The number of nitrogens with zero attached hydrogens (tertiary/aromatic N) is 4. The van der Waals surface area contributed by atoms with Crippen LogP contribution in [-0.4, -0.2) is 44.2 Å². The van der Waals surface area contributed by atoms with Crippen molar-refractivity contribution >= 4 is 19.7 Å². The molecule has 1 atom stereocenters. The second-order valence-corrected chi connectivity index (χ2v) is 5.44. The van der Waals surface area contributed by atoms with Crippen LogP contribution in [0.2, 0.25) is 0 Å². The predicted octanol–water partition coefficient (Wildman–Crippen LogP) is 0.633. The second-order valence-electron chi connectivity index (χ2n) is 5.44. The Morgan fingerprint density at radius 2 is 1.96 bits per heavy atom. The Hall–Kier alpha value is -1.59. The van der Waals surface area contributed by atoms with E-state index < -0.39 is 7.32 Å². The molecule has 4 N–H and O–H groups in total. The minimum Gasteiger partial charge on any atom is -0.402 e. The van der Waals surface area contributed by atoms with E-state index in [-0.39, 0.29) is 30.9 Å². The maximum atomic E-state index is 12.9. The lowest BCUT2D eigenvalue weighted by molar-refractivity contribution is 0.181. The third-order valence-electron chi connectivity index (χ3n) is 3.59. The summed E-state index contributed by atoms with van der Waals surface area (Å²) in [7, 11) is -1.74. The van der Waals surface area contributed by atoms with Gasteiger partial charge in [0.25, 0.3) is 0 Å². The topological polar surface area (TPSA) is 119 Å². The summed E-state index contributed by atoms with van der Waals surface area (Å²) in [5.41, 5.74) is 7.11. The van der Waals surface area contributed by atoms with Gasteiger partial charge < -0.3 is 20.4 Å². The highest BCUT2D eigenvalue weighted by molar-refractivity contribution is 6.32. The van der Waals surface area contributed by atoms with Crippen molar-refractivity contribution in [2.24, 2.45) is 5.73 Å². The van der Waals surface area contributed by atoms with Gasteiger partial charge in [0.15, 0.2) is 5.82 Å². The van der Waals surface area contributed by atoms with Crippen LogP contribution in [0, 0.1) is 5.82 Å². The van der Waals surface area contributed by atoms with Crippen molar-refractivity contribution in [2.75, 3.05) is 6.61 Å². The molecule has 0 fully saturated rings. The van der Waals surface area contributed by atoms with Gasteiger partial charge in [-0.25, -0.2) is 9.07 Å². The summed E-state index contributed by atoms with van der Waals surface area (Å²) in [6.07, 6.45) is 2.73. The van der Waals surface area contributed by atoms with Gasteiger partial charge in [-0.05, 0) is 53.8 Å². The number of hydrogen-bond acceptors (Lipinski definition) is 7. The Morgan fingerprint density at radius 3 is 2.64 bits per heavy atom. The standard InChI is InChI=1S/C14H21BFN5O3.ClH/c16-12-6-4-11(5-7-12)8-9-21-14(18-19-20-21)13(17)3-1-2-10-24-15(22)23;/h4-7,13,22-23H,1-3,8-10,17H2;1H. The van der Waals surface area contributed by atoms with Crippen LogP contribution in [0.4, 0.5) is 4.39 Å². The van der Waals surface area contributed by atoms with Crippen molar-refractivity contribution < 1.29 is 19.1 Å². The molecule has 0 saturated heterocycles. The molecule has 2 rings (SSSR count). The molecule has 0 aliphatic carbocycles. The number of hydrogen-bond donors (Lipinski definition) is 3. The molecule has 8 nitrogen and oxygen atoms in total. The highest BCUT2D eigenvalue weighted by atomic mass is 35.5. The van der Waals surface area contributed by atoms with Crippen LogP contribution in [0.25, 0.3) is 0 Å². The zero-order valence-corrected chi connectivity index (χ0v) is 14.5. The minimum atomic E-state index is -1.74. The van der Waals surface area contributed by atoms with Crippen LogP contribution in [0.5, 0.6) is 0 Å². The van der Waals surface area contributed by atoms with E-state index in [2.05, 4.69) is 20.2 Å². The quantitative estimate of drug-likeness (QED) is 0.413. The van der Waals surface area contributed by atoms with Gasteiger partial charge in [-0.2, -0.15) is 0 Å². The molecule has 0 radical (unpaired) electrons. The summed E-state index contributed by atoms with van der Waals surface area (Å²) in [6, 6.07) is 6.00. The summed E-state index contributed by atoms with van der Waals surface area (Å²) in [6.45, 7) is 0.807. The molecule has 0 saturated carbocycles. The lowest BCUT2D eigenvalue weighted by Crippen LogP contribution is -2.19. The molecule has 0 aliphatic rings. The van der Waals surface area contributed by atoms with Crippen molar-refractivity contribution in [3.05, 3.63) is 41.5 Å². The van der Waals surface area contributed by atoms with Crippen LogP contribution in [0.3, 0.4) is 0 Å². The number of halogens is 2. The summed E-state index contributed by atoms with van der Waals surface area (Å²) in [5, 5.41) is 28.7. The molecule has 25 heavy (non-hydrogen) atoms. The molecule has 1 aromatic heterocycles. The summed E-state index contributed by atoms with van der Waals surface area (Å²) in [5.74, 6) is 0.335. The average molecular weight is 374 g/mol. The van der Waals surface area contributed by atoms with Crippen LogP contribution >= 0.6 is 12.4 Å². The van der Waals surface area contributed by atoms with Crippen molar-refractivity contribution in [3.63, 3.8) is 0 Å². The van der Waals surface area contributed by atoms with E-state index >= 15 is 0 Å². The number of tetrazole rings is 1. The first kappa shape index (κ1) is 21.5. The minimum absolute atomic E-state index is 0. The van der Waals surface area contributed by atoms with Gasteiger partial charge in [0.2, 0.25) is 0 Å². The Morgan fingerprint density at radius 1 is 1.24 bits per heavy atom. The highest BCUT2D eigenvalue weighted by Crippen LogP contribution is 2.14. The van der Waals surface area contributed by atoms with Crippen molar-refractivity contribution in [1.29, 1.82) is 0 Å². The Balaban J connectivity index is 0.00000312. The molecule has 0 spiro atoms. The second kappa shape index (κ2) is 11.1. The molecule has 0 bridgehead atoms. The summed E-state index contributed by atoms with van der Waals surface area (Å²) in [4.78, 5) is 0. The maximum absolute atomic E-state index is 12.9. The first-order valence-electron chi connectivity index (χ1n) is 7.80. The predicted molar refractivity (Wildman–Crippen MR) is 92.1 cm³/mol. The fourth-order valence-electron chi connectivity index (χ4n) is 2.31. The Labute approximate surface area is 151 Å². The molecule has 0 amide bonds. The largest absolute Gasteiger partial charge is 0.633 e. The molecule has 11 heteroatoms. The van der Waals surface area contributed by atoms with Crippen molar-refractivity contribution in [2.45, 2.75) is 38.3 Å². The van der Waals surface area contributed by atoms with E-state index in [0.717, 1.165) is 12.0 Å². The Bertz CT molecular complexity index is 617. The summed E-state index contributed by atoms with van der Waals surface area (Å²) < 4.78 is 19.2. The molecule has 0 aliphatic heterocycles. The lowest BCUT2D eigenvalue weighted by Gasteiger charge is -2.11. The van der Waals surface area contributed by atoms with Gasteiger partial charge in [-0.1, -0.05) is 12.1 Å². The van der Waals surface area contributed by atoms with Gasteiger partial charge in [-0.3, -0.25) is 0 Å². The molecule has 2 aromatic rings.